The van der Waals surface area contributed by atoms with E-state index in [1.165, 1.54) is 0 Å². The van der Waals surface area contributed by atoms with Crippen molar-refractivity contribution in [2.24, 2.45) is 0 Å². The second kappa shape index (κ2) is 6.48. The number of nitrogen functional groups attached to an aromatic ring is 1. The molecule has 2 amide bonds. The summed E-state index contributed by atoms with van der Waals surface area (Å²) in [6.45, 7) is 8.90. The van der Waals surface area contributed by atoms with Crippen LogP contribution in [0.25, 0.3) is 0 Å². The number of carbonyl (C=O) groups is 2. The fourth-order valence-electron chi connectivity index (χ4n) is 2.54. The smallest absolute Gasteiger partial charge is 0.410 e. The average molecular weight is 319 g/mol. The fourth-order valence-corrected chi connectivity index (χ4v) is 2.54. The highest BCUT2D eigenvalue weighted by Crippen LogP contribution is 2.17. The van der Waals surface area contributed by atoms with Crippen LogP contribution in [0.4, 0.5) is 10.5 Å². The predicted molar refractivity (Wildman–Crippen MR) is 89.2 cm³/mol. The molecule has 0 radical (unpaired) electrons. The van der Waals surface area contributed by atoms with Crippen LogP contribution in [-0.2, 0) is 4.74 Å². The maximum atomic E-state index is 12.5. The number of anilines is 1. The number of hydrogen-bond acceptors (Lipinski definition) is 4. The van der Waals surface area contributed by atoms with Gasteiger partial charge in [-0.25, -0.2) is 4.79 Å². The van der Waals surface area contributed by atoms with Crippen LogP contribution in [0.1, 0.15) is 38.1 Å². The molecule has 1 aromatic rings. The van der Waals surface area contributed by atoms with E-state index in [4.69, 9.17) is 10.5 Å². The van der Waals surface area contributed by atoms with Gasteiger partial charge in [0.15, 0.2) is 0 Å². The molecule has 126 valence electrons. The first-order valence-corrected chi connectivity index (χ1v) is 7.82. The number of rotatable bonds is 1. The molecule has 1 aliphatic rings. The summed E-state index contributed by atoms with van der Waals surface area (Å²) in [4.78, 5) is 28.1. The Bertz CT molecular complexity index is 578. The third-order valence-corrected chi connectivity index (χ3v) is 3.70. The lowest BCUT2D eigenvalue weighted by molar-refractivity contribution is 0.00198. The summed E-state index contributed by atoms with van der Waals surface area (Å²) in [6, 6.07) is 6.79. The van der Waals surface area contributed by atoms with Gasteiger partial charge in [-0.2, -0.15) is 0 Å². The largest absolute Gasteiger partial charge is 0.444 e. The molecule has 0 aliphatic carbocycles. The maximum absolute atomic E-state index is 12.5. The summed E-state index contributed by atoms with van der Waals surface area (Å²) in [5.74, 6) is -0.0410. The maximum Gasteiger partial charge on any atom is 0.410 e. The lowest BCUT2D eigenvalue weighted by Crippen LogP contribution is -2.56. The molecule has 1 heterocycles. The van der Waals surface area contributed by atoms with Crippen molar-refractivity contribution in [2.75, 3.05) is 25.4 Å². The summed E-state index contributed by atoms with van der Waals surface area (Å²) in [5.41, 5.74) is 6.36. The zero-order valence-corrected chi connectivity index (χ0v) is 14.2. The van der Waals surface area contributed by atoms with Crippen LogP contribution in [0, 0.1) is 0 Å². The number of ether oxygens (including phenoxy) is 1. The Balaban J connectivity index is 1.99. The van der Waals surface area contributed by atoms with Gasteiger partial charge in [-0.15, -0.1) is 0 Å². The number of carbonyl (C=O) groups excluding carboxylic acids is 2. The second-order valence-electron chi connectivity index (χ2n) is 6.90. The Kier molecular flexibility index (Phi) is 4.82. The van der Waals surface area contributed by atoms with Crippen LogP contribution in [0.3, 0.4) is 0 Å². The molecule has 2 rings (SSSR count). The van der Waals surface area contributed by atoms with Crippen LogP contribution in [0.15, 0.2) is 24.3 Å². The summed E-state index contributed by atoms with van der Waals surface area (Å²) in [6.07, 6.45) is -0.329. The molecule has 1 aliphatic heterocycles. The lowest BCUT2D eigenvalue weighted by Gasteiger charge is -2.40. The van der Waals surface area contributed by atoms with Crippen molar-refractivity contribution < 1.29 is 14.3 Å². The molecule has 0 spiro atoms. The molecule has 6 heteroatoms. The minimum Gasteiger partial charge on any atom is -0.444 e. The highest BCUT2D eigenvalue weighted by atomic mass is 16.6. The van der Waals surface area contributed by atoms with Crippen LogP contribution >= 0.6 is 0 Å². The van der Waals surface area contributed by atoms with Gasteiger partial charge in [-0.1, -0.05) is 0 Å². The molecule has 23 heavy (non-hydrogen) atoms. The zero-order valence-electron chi connectivity index (χ0n) is 14.2. The SMILES string of the molecule is CC1CN(C(=O)c2ccc(N)cc2)CCN1C(=O)OC(C)(C)C. The van der Waals surface area contributed by atoms with Gasteiger partial charge in [-0.05, 0) is 52.0 Å². The van der Waals surface area contributed by atoms with Crippen LogP contribution in [-0.4, -0.2) is 53.1 Å². The van der Waals surface area contributed by atoms with Crippen molar-refractivity contribution in [1.82, 2.24) is 9.80 Å². The zero-order chi connectivity index (χ0) is 17.2. The van der Waals surface area contributed by atoms with Crippen LogP contribution in [0.2, 0.25) is 0 Å². The molecule has 6 nitrogen and oxygen atoms in total. The Labute approximate surface area is 137 Å². The van der Waals surface area contributed by atoms with Gasteiger partial charge in [0.2, 0.25) is 0 Å². The molecule has 1 unspecified atom stereocenters. The number of nitrogens with two attached hydrogens (primary N) is 1. The Morgan fingerprint density at radius 1 is 1.17 bits per heavy atom. The molecule has 0 aromatic heterocycles. The number of piperazine rings is 1. The fraction of sp³-hybridized carbons (Fsp3) is 0.529. The first-order valence-electron chi connectivity index (χ1n) is 7.82. The molecule has 0 saturated carbocycles. The van der Waals surface area contributed by atoms with E-state index in [2.05, 4.69) is 0 Å². The molecule has 2 N–H and O–H groups in total. The minimum absolute atomic E-state index is 0.0410. The van der Waals surface area contributed by atoms with E-state index in [1.807, 2.05) is 27.7 Å². The number of hydrogen-bond donors (Lipinski definition) is 1. The Hall–Kier alpha value is -2.24. The molecular formula is C17H25N3O3. The van der Waals surface area contributed by atoms with E-state index >= 15 is 0 Å². The van der Waals surface area contributed by atoms with E-state index < -0.39 is 5.60 Å². The first-order chi connectivity index (χ1) is 10.7. The second-order valence-corrected chi connectivity index (χ2v) is 6.90. The number of amides is 2. The van der Waals surface area contributed by atoms with Gasteiger partial charge in [0.1, 0.15) is 5.60 Å². The minimum atomic E-state index is -0.520. The first kappa shape index (κ1) is 17.1. The highest BCUT2D eigenvalue weighted by molar-refractivity contribution is 5.94. The normalized spacial score (nSPS) is 18.7. The third-order valence-electron chi connectivity index (χ3n) is 3.70. The van der Waals surface area contributed by atoms with Crippen molar-refractivity contribution in [3.63, 3.8) is 0 Å². The summed E-state index contributed by atoms with van der Waals surface area (Å²) < 4.78 is 5.41. The third kappa shape index (κ3) is 4.37. The molecule has 1 aromatic carbocycles. The van der Waals surface area contributed by atoms with Crippen molar-refractivity contribution in [1.29, 1.82) is 0 Å². The van der Waals surface area contributed by atoms with Crippen molar-refractivity contribution in [3.05, 3.63) is 29.8 Å². The quantitative estimate of drug-likeness (QED) is 0.806. The van der Waals surface area contributed by atoms with Gasteiger partial charge in [0.25, 0.3) is 5.91 Å². The Morgan fingerprint density at radius 3 is 2.30 bits per heavy atom. The topological polar surface area (TPSA) is 75.9 Å². The number of benzene rings is 1. The summed E-state index contributed by atoms with van der Waals surface area (Å²) in [5, 5.41) is 0. The van der Waals surface area contributed by atoms with Gasteiger partial charge >= 0.3 is 6.09 Å². The van der Waals surface area contributed by atoms with E-state index in [0.717, 1.165) is 0 Å². The highest BCUT2D eigenvalue weighted by Gasteiger charge is 2.32. The van der Waals surface area contributed by atoms with E-state index in [1.54, 1.807) is 34.1 Å². The van der Waals surface area contributed by atoms with Crippen molar-refractivity contribution in [3.8, 4) is 0 Å². The van der Waals surface area contributed by atoms with Gasteiger partial charge in [-0.3, -0.25) is 4.79 Å². The van der Waals surface area contributed by atoms with Crippen molar-refractivity contribution in [2.45, 2.75) is 39.3 Å². The molecular weight excluding hydrogens is 294 g/mol. The standard InChI is InChI=1S/C17H25N3O3/c1-12-11-19(15(21)13-5-7-14(18)8-6-13)9-10-20(12)16(22)23-17(2,3)4/h5-8,12H,9-11,18H2,1-4H3. The Morgan fingerprint density at radius 2 is 1.78 bits per heavy atom. The molecule has 1 atom stereocenters. The summed E-state index contributed by atoms with van der Waals surface area (Å²) in [7, 11) is 0. The van der Waals surface area contributed by atoms with E-state index in [0.29, 0.717) is 30.9 Å². The number of nitrogens with zero attached hydrogens (tertiary/aromatic N) is 2. The van der Waals surface area contributed by atoms with Gasteiger partial charge in [0, 0.05) is 36.9 Å². The summed E-state index contributed by atoms with van der Waals surface area (Å²) >= 11 is 0. The average Bonchev–Trinajstić information content (AvgIpc) is 2.45. The predicted octanol–water partition coefficient (Wildman–Crippen LogP) is 2.35. The van der Waals surface area contributed by atoms with E-state index in [-0.39, 0.29) is 18.0 Å². The molecule has 1 saturated heterocycles. The van der Waals surface area contributed by atoms with Crippen molar-refractivity contribution >= 4 is 17.7 Å². The lowest BCUT2D eigenvalue weighted by atomic mass is 10.1. The molecule has 1 fully saturated rings. The van der Waals surface area contributed by atoms with E-state index in [9.17, 15) is 9.59 Å². The van der Waals surface area contributed by atoms with Crippen LogP contribution < -0.4 is 5.73 Å². The van der Waals surface area contributed by atoms with Gasteiger partial charge < -0.3 is 20.3 Å². The molecule has 0 bridgehead atoms. The monoisotopic (exact) mass is 319 g/mol. The van der Waals surface area contributed by atoms with Gasteiger partial charge in [0.05, 0.1) is 0 Å². The van der Waals surface area contributed by atoms with Crippen LogP contribution in [0.5, 0.6) is 0 Å².